The van der Waals surface area contributed by atoms with Crippen molar-refractivity contribution < 1.29 is 14.3 Å². The standard InChI is InChI=1S/C22H16Cl3N3O3/c23-16-5-1-15(2-6-16)13-31-20-7-3-14(4-8-20)12-26-28-22(30)21(29)27-19-10-17(24)9-18(25)11-19/h1-12H,13H2,(H,27,29)(H,28,30)/b26-12+. The van der Waals surface area contributed by atoms with Gasteiger partial charge in [0.15, 0.2) is 0 Å². The Morgan fingerprint density at radius 2 is 1.48 bits per heavy atom. The molecule has 0 aliphatic rings. The Kier molecular flexibility index (Phi) is 7.89. The molecule has 0 aromatic heterocycles. The van der Waals surface area contributed by atoms with E-state index in [0.29, 0.717) is 38.7 Å². The maximum Gasteiger partial charge on any atom is 0.329 e. The van der Waals surface area contributed by atoms with Crippen molar-refractivity contribution in [3.63, 3.8) is 0 Å². The van der Waals surface area contributed by atoms with E-state index in [9.17, 15) is 9.59 Å². The Hall–Kier alpha value is -3.06. The number of nitrogens with one attached hydrogen (secondary N) is 2. The molecule has 6 nitrogen and oxygen atoms in total. The molecule has 9 heteroatoms. The number of hydrogen-bond donors (Lipinski definition) is 2. The predicted molar refractivity (Wildman–Crippen MR) is 123 cm³/mol. The van der Waals surface area contributed by atoms with E-state index in [4.69, 9.17) is 39.5 Å². The number of benzene rings is 3. The fourth-order valence-electron chi connectivity index (χ4n) is 2.43. The van der Waals surface area contributed by atoms with Gasteiger partial charge in [0.1, 0.15) is 12.4 Å². The Balaban J connectivity index is 1.47. The van der Waals surface area contributed by atoms with Crippen molar-refractivity contribution in [2.45, 2.75) is 6.61 Å². The van der Waals surface area contributed by atoms with Gasteiger partial charge in [-0.1, -0.05) is 46.9 Å². The van der Waals surface area contributed by atoms with Crippen molar-refractivity contribution in [1.29, 1.82) is 0 Å². The van der Waals surface area contributed by atoms with Gasteiger partial charge in [-0.25, -0.2) is 5.43 Å². The summed E-state index contributed by atoms with van der Waals surface area (Å²) in [4.78, 5) is 23.8. The van der Waals surface area contributed by atoms with E-state index < -0.39 is 11.8 Å². The maximum atomic E-state index is 11.9. The average molecular weight is 477 g/mol. The van der Waals surface area contributed by atoms with Gasteiger partial charge >= 0.3 is 11.8 Å². The molecule has 0 spiro atoms. The summed E-state index contributed by atoms with van der Waals surface area (Å²) < 4.78 is 5.71. The molecule has 0 saturated carbocycles. The summed E-state index contributed by atoms with van der Waals surface area (Å²) in [7, 11) is 0. The van der Waals surface area contributed by atoms with Crippen LogP contribution in [-0.4, -0.2) is 18.0 Å². The minimum Gasteiger partial charge on any atom is -0.489 e. The van der Waals surface area contributed by atoms with Gasteiger partial charge in [-0.2, -0.15) is 5.10 Å². The van der Waals surface area contributed by atoms with Crippen molar-refractivity contribution in [1.82, 2.24) is 5.43 Å². The monoisotopic (exact) mass is 475 g/mol. The number of anilines is 1. The van der Waals surface area contributed by atoms with E-state index in [2.05, 4.69) is 15.8 Å². The van der Waals surface area contributed by atoms with Gasteiger partial charge in [0.25, 0.3) is 0 Å². The third-order valence-corrected chi connectivity index (χ3v) is 4.59. The molecule has 2 amide bonds. The molecule has 3 aromatic rings. The zero-order chi connectivity index (χ0) is 22.2. The highest BCUT2D eigenvalue weighted by Crippen LogP contribution is 2.22. The van der Waals surface area contributed by atoms with Crippen molar-refractivity contribution in [2.24, 2.45) is 5.10 Å². The molecule has 0 radical (unpaired) electrons. The fraction of sp³-hybridized carbons (Fsp3) is 0.0455. The quantitative estimate of drug-likeness (QED) is 0.287. The number of hydrazone groups is 1. The van der Waals surface area contributed by atoms with Crippen LogP contribution in [0, 0.1) is 0 Å². The summed E-state index contributed by atoms with van der Waals surface area (Å²) in [5.41, 5.74) is 4.16. The molecule has 158 valence electrons. The highest BCUT2D eigenvalue weighted by molar-refractivity contribution is 6.40. The lowest BCUT2D eigenvalue weighted by Crippen LogP contribution is -2.32. The Labute approximate surface area is 193 Å². The summed E-state index contributed by atoms with van der Waals surface area (Å²) in [6.45, 7) is 0.410. The van der Waals surface area contributed by atoms with E-state index >= 15 is 0 Å². The van der Waals surface area contributed by atoms with Crippen LogP contribution in [0.3, 0.4) is 0 Å². The lowest BCUT2D eigenvalue weighted by Gasteiger charge is -2.06. The molecule has 2 N–H and O–H groups in total. The molecule has 0 heterocycles. The number of carbonyl (C=O) groups excluding carboxylic acids is 2. The zero-order valence-electron chi connectivity index (χ0n) is 15.9. The summed E-state index contributed by atoms with van der Waals surface area (Å²) in [6.07, 6.45) is 1.41. The van der Waals surface area contributed by atoms with E-state index in [1.807, 2.05) is 12.1 Å². The van der Waals surface area contributed by atoms with Crippen molar-refractivity contribution in [3.05, 3.63) is 92.9 Å². The first-order valence-electron chi connectivity index (χ1n) is 8.97. The number of amides is 2. The second kappa shape index (κ2) is 10.8. The minimum atomic E-state index is -0.935. The van der Waals surface area contributed by atoms with Gasteiger partial charge in [0.2, 0.25) is 0 Å². The highest BCUT2D eigenvalue weighted by Gasteiger charge is 2.13. The van der Waals surface area contributed by atoms with Crippen molar-refractivity contribution >= 4 is 58.5 Å². The van der Waals surface area contributed by atoms with Crippen LogP contribution in [0.25, 0.3) is 0 Å². The molecule has 0 atom stereocenters. The Morgan fingerprint density at radius 3 is 2.13 bits per heavy atom. The maximum absolute atomic E-state index is 11.9. The number of hydrogen-bond acceptors (Lipinski definition) is 4. The Bertz CT molecular complexity index is 1080. The molecule has 0 aliphatic carbocycles. The Morgan fingerprint density at radius 1 is 0.839 bits per heavy atom. The largest absolute Gasteiger partial charge is 0.489 e. The van der Waals surface area contributed by atoms with Crippen LogP contribution in [0.4, 0.5) is 5.69 Å². The second-order valence-corrected chi connectivity index (χ2v) is 7.60. The first kappa shape index (κ1) is 22.6. The fourth-order valence-corrected chi connectivity index (χ4v) is 3.08. The second-order valence-electron chi connectivity index (χ2n) is 6.30. The van der Waals surface area contributed by atoms with Crippen LogP contribution in [0.2, 0.25) is 15.1 Å². The highest BCUT2D eigenvalue weighted by atomic mass is 35.5. The van der Waals surface area contributed by atoms with Gasteiger partial charge in [0, 0.05) is 20.8 Å². The van der Waals surface area contributed by atoms with Gasteiger partial charge in [-0.3, -0.25) is 9.59 Å². The topological polar surface area (TPSA) is 79.8 Å². The van der Waals surface area contributed by atoms with E-state index in [-0.39, 0.29) is 0 Å². The molecular formula is C22H16Cl3N3O3. The van der Waals surface area contributed by atoms with Gasteiger partial charge < -0.3 is 10.1 Å². The predicted octanol–water partition coefficient (Wildman–Crippen LogP) is 5.31. The van der Waals surface area contributed by atoms with Crippen LogP contribution in [-0.2, 0) is 16.2 Å². The summed E-state index contributed by atoms with van der Waals surface area (Å²) in [5.74, 6) is -1.16. The van der Waals surface area contributed by atoms with Crippen molar-refractivity contribution in [2.75, 3.05) is 5.32 Å². The van der Waals surface area contributed by atoms with Crippen LogP contribution < -0.4 is 15.5 Å². The van der Waals surface area contributed by atoms with Crippen LogP contribution in [0.15, 0.2) is 71.8 Å². The normalized spacial score (nSPS) is 10.7. The first-order chi connectivity index (χ1) is 14.9. The molecule has 31 heavy (non-hydrogen) atoms. The van der Waals surface area contributed by atoms with Gasteiger partial charge in [-0.05, 0) is 65.7 Å². The third kappa shape index (κ3) is 7.29. The summed E-state index contributed by atoms with van der Waals surface area (Å²) >= 11 is 17.6. The third-order valence-electron chi connectivity index (χ3n) is 3.91. The zero-order valence-corrected chi connectivity index (χ0v) is 18.2. The minimum absolute atomic E-state index is 0.302. The van der Waals surface area contributed by atoms with Crippen LogP contribution in [0.5, 0.6) is 5.75 Å². The van der Waals surface area contributed by atoms with E-state index in [1.54, 1.807) is 36.4 Å². The number of ether oxygens (including phenoxy) is 1. The molecule has 3 rings (SSSR count). The molecule has 0 fully saturated rings. The molecule has 0 bridgehead atoms. The first-order valence-corrected chi connectivity index (χ1v) is 10.1. The molecule has 0 saturated heterocycles. The SMILES string of the molecule is O=C(N/N=C/c1ccc(OCc2ccc(Cl)cc2)cc1)C(=O)Nc1cc(Cl)cc(Cl)c1. The van der Waals surface area contributed by atoms with Crippen LogP contribution in [0.1, 0.15) is 11.1 Å². The van der Waals surface area contributed by atoms with E-state index in [1.165, 1.54) is 24.4 Å². The van der Waals surface area contributed by atoms with Gasteiger partial charge in [0.05, 0.1) is 6.21 Å². The van der Waals surface area contributed by atoms with Crippen LogP contribution >= 0.6 is 34.8 Å². The molecule has 0 aliphatic heterocycles. The number of halogens is 3. The molecular weight excluding hydrogens is 461 g/mol. The number of nitrogens with zero attached hydrogens (tertiary/aromatic N) is 1. The average Bonchev–Trinajstić information content (AvgIpc) is 2.73. The smallest absolute Gasteiger partial charge is 0.329 e. The number of carbonyl (C=O) groups is 2. The molecule has 0 unspecified atom stereocenters. The summed E-state index contributed by atoms with van der Waals surface area (Å²) in [6, 6.07) is 18.9. The van der Waals surface area contributed by atoms with E-state index in [0.717, 1.165) is 5.56 Å². The van der Waals surface area contributed by atoms with Crippen molar-refractivity contribution in [3.8, 4) is 5.75 Å². The van der Waals surface area contributed by atoms with Gasteiger partial charge in [-0.15, -0.1) is 0 Å². The summed E-state index contributed by atoms with van der Waals surface area (Å²) in [5, 5.41) is 7.51. The molecule has 3 aromatic carbocycles. The lowest BCUT2D eigenvalue weighted by atomic mass is 10.2. The lowest BCUT2D eigenvalue weighted by molar-refractivity contribution is -0.136. The number of rotatable bonds is 6.